The minimum Gasteiger partial charge on any atom is -0.286 e. The second-order valence-corrected chi connectivity index (χ2v) is 7.80. The van der Waals surface area contributed by atoms with Crippen molar-refractivity contribution in [3.63, 3.8) is 0 Å². The summed E-state index contributed by atoms with van der Waals surface area (Å²) in [6, 6.07) is 0. The Morgan fingerprint density at radius 3 is 1.55 bits per heavy atom. The predicted molar refractivity (Wildman–Crippen MR) is 95.9 cm³/mol. The highest BCUT2D eigenvalue weighted by molar-refractivity contribution is 7.85. The monoisotopic (exact) mass is 332 g/mol. The van der Waals surface area contributed by atoms with Crippen LogP contribution in [-0.4, -0.2) is 18.7 Å². The Labute approximate surface area is 138 Å². The first-order chi connectivity index (χ1) is 10.6. The van der Waals surface area contributed by atoms with Crippen LogP contribution in [0.4, 0.5) is 0 Å². The van der Waals surface area contributed by atoms with Crippen molar-refractivity contribution in [1.29, 1.82) is 0 Å². The summed E-state index contributed by atoms with van der Waals surface area (Å²) < 4.78 is 29.7. The van der Waals surface area contributed by atoms with Gasteiger partial charge >= 0.3 is 0 Å². The molecule has 0 atom stereocenters. The Hall–Kier alpha value is -0.350. The zero-order chi connectivity index (χ0) is 16.5. The van der Waals surface area contributed by atoms with Crippen LogP contribution in [0, 0.1) is 0 Å². The van der Waals surface area contributed by atoms with E-state index in [9.17, 15) is 8.42 Å². The van der Waals surface area contributed by atoms with Crippen molar-refractivity contribution in [3.05, 3.63) is 12.2 Å². The smallest absolute Gasteiger partial charge is 0.264 e. The summed E-state index contributed by atoms with van der Waals surface area (Å²) in [6.07, 6.45) is 21.4. The van der Waals surface area contributed by atoms with Gasteiger partial charge in [-0.3, -0.25) is 4.55 Å². The highest BCUT2D eigenvalue weighted by Crippen LogP contribution is 2.10. The number of unbranched alkanes of at least 4 members (excludes halogenated alkanes) is 12. The molecule has 0 unspecified atom stereocenters. The van der Waals surface area contributed by atoms with E-state index in [1.807, 2.05) is 0 Å². The van der Waals surface area contributed by atoms with E-state index >= 15 is 0 Å². The molecule has 0 aliphatic heterocycles. The molecular weight excluding hydrogens is 296 g/mol. The van der Waals surface area contributed by atoms with E-state index in [4.69, 9.17) is 4.55 Å². The van der Waals surface area contributed by atoms with E-state index in [2.05, 4.69) is 19.1 Å². The zero-order valence-corrected chi connectivity index (χ0v) is 15.2. The van der Waals surface area contributed by atoms with Crippen molar-refractivity contribution in [1.82, 2.24) is 0 Å². The molecule has 4 heteroatoms. The Morgan fingerprint density at radius 2 is 1.09 bits per heavy atom. The molecule has 0 aromatic heterocycles. The van der Waals surface area contributed by atoms with Gasteiger partial charge in [0, 0.05) is 0 Å². The van der Waals surface area contributed by atoms with Crippen molar-refractivity contribution < 1.29 is 13.0 Å². The van der Waals surface area contributed by atoms with Gasteiger partial charge in [-0.2, -0.15) is 8.42 Å². The zero-order valence-electron chi connectivity index (χ0n) is 14.4. The van der Waals surface area contributed by atoms with Crippen LogP contribution in [0.1, 0.15) is 96.8 Å². The summed E-state index contributed by atoms with van der Waals surface area (Å²) in [4.78, 5) is 0. The molecule has 0 aliphatic carbocycles. The van der Waals surface area contributed by atoms with Crippen molar-refractivity contribution in [2.24, 2.45) is 0 Å². The van der Waals surface area contributed by atoms with E-state index in [1.54, 1.807) is 0 Å². The van der Waals surface area contributed by atoms with Crippen LogP contribution < -0.4 is 0 Å². The molecule has 0 spiro atoms. The molecule has 0 amide bonds. The topological polar surface area (TPSA) is 54.4 Å². The van der Waals surface area contributed by atoms with E-state index in [0.717, 1.165) is 19.3 Å². The molecule has 0 saturated heterocycles. The fraction of sp³-hybridized carbons (Fsp3) is 0.889. The van der Waals surface area contributed by atoms with Gasteiger partial charge in [-0.1, -0.05) is 76.9 Å². The van der Waals surface area contributed by atoms with Crippen LogP contribution in [0.25, 0.3) is 0 Å². The second-order valence-electron chi connectivity index (χ2n) is 6.22. The largest absolute Gasteiger partial charge is 0.286 e. The second kappa shape index (κ2) is 15.5. The van der Waals surface area contributed by atoms with Crippen molar-refractivity contribution in [3.8, 4) is 0 Å². The lowest BCUT2D eigenvalue weighted by Crippen LogP contribution is -2.03. The molecule has 0 bridgehead atoms. The molecule has 0 saturated carbocycles. The van der Waals surface area contributed by atoms with Gasteiger partial charge in [0.15, 0.2) is 0 Å². The minimum absolute atomic E-state index is 0.0891. The van der Waals surface area contributed by atoms with E-state index in [-0.39, 0.29) is 5.75 Å². The third-order valence-corrected chi connectivity index (χ3v) is 4.72. The summed E-state index contributed by atoms with van der Waals surface area (Å²) in [5, 5.41) is 0. The van der Waals surface area contributed by atoms with Crippen LogP contribution >= 0.6 is 0 Å². The molecule has 0 rings (SSSR count). The molecule has 0 heterocycles. The van der Waals surface area contributed by atoms with Gasteiger partial charge in [-0.15, -0.1) is 0 Å². The van der Waals surface area contributed by atoms with Crippen LogP contribution in [0.3, 0.4) is 0 Å². The Morgan fingerprint density at radius 1 is 0.682 bits per heavy atom. The first kappa shape index (κ1) is 21.6. The van der Waals surface area contributed by atoms with Gasteiger partial charge in [0.2, 0.25) is 0 Å². The van der Waals surface area contributed by atoms with Gasteiger partial charge in [-0.25, -0.2) is 0 Å². The Balaban J connectivity index is 3.14. The minimum atomic E-state index is -3.75. The first-order valence-corrected chi connectivity index (χ1v) is 10.8. The van der Waals surface area contributed by atoms with Crippen LogP contribution in [0.2, 0.25) is 0 Å². The summed E-state index contributed by atoms with van der Waals surface area (Å²) in [7, 11) is -3.75. The number of allylic oxidation sites excluding steroid dienone is 2. The fourth-order valence-electron chi connectivity index (χ4n) is 2.53. The van der Waals surface area contributed by atoms with Crippen LogP contribution in [0.5, 0.6) is 0 Å². The highest BCUT2D eigenvalue weighted by atomic mass is 32.2. The van der Waals surface area contributed by atoms with Gasteiger partial charge in [0.25, 0.3) is 10.1 Å². The fourth-order valence-corrected chi connectivity index (χ4v) is 3.10. The molecule has 0 aliphatic rings. The Kier molecular flexibility index (Phi) is 15.3. The normalized spacial score (nSPS) is 12.3. The van der Waals surface area contributed by atoms with E-state index < -0.39 is 10.1 Å². The van der Waals surface area contributed by atoms with Crippen LogP contribution in [0.15, 0.2) is 12.2 Å². The summed E-state index contributed by atoms with van der Waals surface area (Å²) in [5.74, 6) is -0.0891. The highest BCUT2D eigenvalue weighted by Gasteiger charge is 2.02. The Bertz CT molecular complexity index is 347. The maximum Gasteiger partial charge on any atom is 0.264 e. The summed E-state index contributed by atoms with van der Waals surface area (Å²) >= 11 is 0. The molecule has 0 aromatic carbocycles. The first-order valence-electron chi connectivity index (χ1n) is 9.16. The molecule has 22 heavy (non-hydrogen) atoms. The number of hydrogen-bond acceptors (Lipinski definition) is 2. The molecule has 0 fully saturated rings. The molecule has 132 valence electrons. The van der Waals surface area contributed by atoms with E-state index in [1.165, 1.54) is 64.2 Å². The maximum absolute atomic E-state index is 10.5. The summed E-state index contributed by atoms with van der Waals surface area (Å²) in [5.41, 5.74) is 0. The SMILES string of the molecule is CCCCCCCC/C=C/CCCCCCCCS(=O)(=O)O. The van der Waals surface area contributed by atoms with Crippen LogP contribution in [-0.2, 0) is 10.1 Å². The standard InChI is InChI=1S/C18H36O3S/c1-2-3-4-5-6-7-8-9-10-11-12-13-14-15-16-17-18-22(19,20)21/h9-10H,2-8,11-18H2,1H3,(H,19,20,21)/b10-9+. The van der Waals surface area contributed by atoms with Crippen molar-refractivity contribution >= 4 is 10.1 Å². The van der Waals surface area contributed by atoms with Crippen molar-refractivity contribution in [2.45, 2.75) is 96.8 Å². The molecule has 0 aromatic rings. The van der Waals surface area contributed by atoms with E-state index in [0.29, 0.717) is 6.42 Å². The lowest BCUT2D eigenvalue weighted by molar-refractivity contribution is 0.478. The van der Waals surface area contributed by atoms with Gasteiger partial charge in [0.1, 0.15) is 0 Å². The average Bonchev–Trinajstić information content (AvgIpc) is 2.45. The maximum atomic E-state index is 10.5. The molecule has 0 radical (unpaired) electrons. The quantitative estimate of drug-likeness (QED) is 0.217. The molecule has 1 N–H and O–H groups in total. The number of rotatable bonds is 16. The van der Waals surface area contributed by atoms with Gasteiger partial charge < -0.3 is 0 Å². The van der Waals surface area contributed by atoms with Gasteiger partial charge in [-0.05, 0) is 32.1 Å². The molecule has 3 nitrogen and oxygen atoms in total. The molecular formula is C18H36O3S. The summed E-state index contributed by atoms with van der Waals surface area (Å²) in [6.45, 7) is 2.25. The lowest BCUT2D eigenvalue weighted by atomic mass is 10.1. The lowest BCUT2D eigenvalue weighted by Gasteiger charge is -2.00. The third kappa shape index (κ3) is 19.7. The van der Waals surface area contributed by atoms with Gasteiger partial charge in [0.05, 0.1) is 5.75 Å². The third-order valence-electron chi connectivity index (χ3n) is 3.91. The predicted octanol–water partition coefficient (Wildman–Crippen LogP) is 5.91. The average molecular weight is 333 g/mol. The van der Waals surface area contributed by atoms with Crippen molar-refractivity contribution in [2.75, 3.05) is 5.75 Å². The number of hydrogen-bond donors (Lipinski definition) is 1.